The lowest BCUT2D eigenvalue weighted by atomic mass is 10.0. The van der Waals surface area contributed by atoms with E-state index in [1.165, 1.54) is 12.2 Å². The fourth-order valence-corrected chi connectivity index (χ4v) is 3.64. The molecule has 0 bridgehead atoms. The summed E-state index contributed by atoms with van der Waals surface area (Å²) < 4.78 is 0. The maximum Gasteiger partial charge on any atom is 0.253 e. The second-order valence-corrected chi connectivity index (χ2v) is 6.32. The first-order valence-electron chi connectivity index (χ1n) is 6.91. The molecule has 1 amide bonds. The zero-order valence-corrected chi connectivity index (χ0v) is 12.1. The molecule has 3 nitrogen and oxygen atoms in total. The number of rotatable bonds is 2. The van der Waals surface area contributed by atoms with Crippen LogP contribution in [0.4, 0.5) is 5.69 Å². The number of nitrogen functional groups attached to an aromatic ring is 1. The van der Waals surface area contributed by atoms with Gasteiger partial charge in [-0.2, -0.15) is 11.8 Å². The first kappa shape index (κ1) is 13.3. The molecule has 3 rings (SSSR count). The van der Waals surface area contributed by atoms with E-state index < -0.39 is 0 Å². The summed E-state index contributed by atoms with van der Waals surface area (Å²) in [5, 5.41) is 5.21. The number of benzene rings is 2. The molecule has 0 saturated carbocycles. The molecule has 1 aliphatic rings. The molecule has 3 N–H and O–H groups in total. The van der Waals surface area contributed by atoms with Crippen LogP contribution in [0.2, 0.25) is 0 Å². The molecule has 1 saturated heterocycles. The molecule has 0 aromatic heterocycles. The summed E-state index contributed by atoms with van der Waals surface area (Å²) >= 11 is 1.90. The number of nitrogens with two attached hydrogens (primary N) is 1. The highest BCUT2D eigenvalue weighted by Gasteiger charge is 2.18. The van der Waals surface area contributed by atoms with Gasteiger partial charge in [-0.1, -0.05) is 24.3 Å². The van der Waals surface area contributed by atoms with Crippen molar-refractivity contribution >= 4 is 34.1 Å². The SMILES string of the molecule is Nc1cc2ccccc2cc1C(=O)NC1CCCSC1. The molecule has 0 aliphatic carbocycles. The Hall–Kier alpha value is -1.68. The van der Waals surface area contributed by atoms with Gasteiger partial charge in [0.1, 0.15) is 0 Å². The maximum absolute atomic E-state index is 12.4. The Kier molecular flexibility index (Phi) is 3.83. The van der Waals surface area contributed by atoms with Gasteiger partial charge in [0.05, 0.1) is 5.56 Å². The maximum atomic E-state index is 12.4. The molecule has 0 spiro atoms. The highest BCUT2D eigenvalue weighted by molar-refractivity contribution is 7.99. The average Bonchev–Trinajstić information content (AvgIpc) is 2.47. The summed E-state index contributed by atoms with van der Waals surface area (Å²) in [5.74, 6) is 2.14. The van der Waals surface area contributed by atoms with E-state index in [1.807, 2.05) is 48.2 Å². The summed E-state index contributed by atoms with van der Waals surface area (Å²) in [5.41, 5.74) is 7.16. The van der Waals surface area contributed by atoms with E-state index in [-0.39, 0.29) is 11.9 Å². The van der Waals surface area contributed by atoms with Crippen LogP contribution in [0.1, 0.15) is 23.2 Å². The van der Waals surface area contributed by atoms with Crippen LogP contribution < -0.4 is 11.1 Å². The number of carbonyl (C=O) groups excluding carboxylic acids is 1. The zero-order chi connectivity index (χ0) is 13.9. The molecule has 2 aromatic carbocycles. The van der Waals surface area contributed by atoms with Gasteiger partial charge in [-0.3, -0.25) is 4.79 Å². The fraction of sp³-hybridized carbons (Fsp3) is 0.312. The summed E-state index contributed by atoms with van der Waals surface area (Å²) in [7, 11) is 0. The number of hydrogen-bond donors (Lipinski definition) is 2. The molecule has 2 aromatic rings. The van der Waals surface area contributed by atoms with Crippen LogP contribution in [-0.4, -0.2) is 23.5 Å². The van der Waals surface area contributed by atoms with E-state index >= 15 is 0 Å². The van der Waals surface area contributed by atoms with Crippen molar-refractivity contribution in [1.82, 2.24) is 5.32 Å². The number of thioether (sulfide) groups is 1. The van der Waals surface area contributed by atoms with Crippen molar-refractivity contribution in [3.8, 4) is 0 Å². The van der Waals surface area contributed by atoms with Crippen LogP contribution in [0.5, 0.6) is 0 Å². The van der Waals surface area contributed by atoms with Gasteiger partial charge in [0.15, 0.2) is 0 Å². The lowest BCUT2D eigenvalue weighted by Crippen LogP contribution is -2.38. The van der Waals surface area contributed by atoms with E-state index in [0.29, 0.717) is 11.3 Å². The third-order valence-corrected chi connectivity index (χ3v) is 4.87. The van der Waals surface area contributed by atoms with E-state index in [1.54, 1.807) is 0 Å². The predicted molar refractivity (Wildman–Crippen MR) is 86.2 cm³/mol. The highest BCUT2D eigenvalue weighted by Crippen LogP contribution is 2.23. The molecule has 1 fully saturated rings. The Labute approximate surface area is 122 Å². The quantitative estimate of drug-likeness (QED) is 0.834. The standard InChI is InChI=1S/C16H18N2OS/c17-15-9-12-5-2-1-4-11(12)8-14(15)16(19)18-13-6-3-7-20-10-13/h1-2,4-5,8-9,13H,3,6-7,10,17H2,(H,18,19). The zero-order valence-electron chi connectivity index (χ0n) is 11.3. The first-order chi connectivity index (χ1) is 9.74. The normalized spacial score (nSPS) is 18.9. The number of carbonyl (C=O) groups is 1. The minimum Gasteiger partial charge on any atom is -0.398 e. The molecular weight excluding hydrogens is 268 g/mol. The van der Waals surface area contributed by atoms with Crippen LogP contribution in [-0.2, 0) is 0 Å². The van der Waals surface area contributed by atoms with Gasteiger partial charge in [-0.15, -0.1) is 0 Å². The van der Waals surface area contributed by atoms with E-state index in [2.05, 4.69) is 5.32 Å². The second kappa shape index (κ2) is 5.75. The number of nitrogens with one attached hydrogen (secondary N) is 1. The van der Waals surface area contributed by atoms with Crippen LogP contribution in [0.3, 0.4) is 0 Å². The van der Waals surface area contributed by atoms with Crippen LogP contribution in [0.15, 0.2) is 36.4 Å². The molecule has 1 aliphatic heterocycles. The average molecular weight is 286 g/mol. The number of fused-ring (bicyclic) bond motifs is 1. The first-order valence-corrected chi connectivity index (χ1v) is 8.06. The van der Waals surface area contributed by atoms with E-state index in [9.17, 15) is 4.79 Å². The van der Waals surface area contributed by atoms with Gasteiger partial charge in [0.2, 0.25) is 0 Å². The third kappa shape index (κ3) is 2.75. The van der Waals surface area contributed by atoms with Crippen molar-refractivity contribution in [3.05, 3.63) is 42.0 Å². The lowest BCUT2D eigenvalue weighted by molar-refractivity contribution is 0.0939. The van der Waals surface area contributed by atoms with Crippen LogP contribution >= 0.6 is 11.8 Å². The van der Waals surface area contributed by atoms with Gasteiger partial charge >= 0.3 is 0 Å². The van der Waals surface area contributed by atoms with Crippen molar-refractivity contribution in [3.63, 3.8) is 0 Å². The molecule has 104 valence electrons. The van der Waals surface area contributed by atoms with E-state index in [4.69, 9.17) is 5.73 Å². The van der Waals surface area contributed by atoms with Crippen molar-refractivity contribution in [2.24, 2.45) is 0 Å². The summed E-state index contributed by atoms with van der Waals surface area (Å²) in [4.78, 5) is 12.4. The minimum absolute atomic E-state index is 0.0549. The minimum atomic E-state index is -0.0549. The molecule has 1 atom stereocenters. The third-order valence-electron chi connectivity index (χ3n) is 3.66. The Morgan fingerprint density at radius 3 is 2.70 bits per heavy atom. The molecule has 1 unspecified atom stereocenters. The van der Waals surface area contributed by atoms with Gasteiger partial charge in [0, 0.05) is 17.5 Å². The van der Waals surface area contributed by atoms with Gasteiger partial charge in [0.25, 0.3) is 5.91 Å². The monoisotopic (exact) mass is 286 g/mol. The molecular formula is C16H18N2OS. The number of hydrogen-bond acceptors (Lipinski definition) is 3. The van der Waals surface area contributed by atoms with E-state index in [0.717, 1.165) is 22.9 Å². The summed E-state index contributed by atoms with van der Waals surface area (Å²) in [6, 6.07) is 12.0. The number of anilines is 1. The van der Waals surface area contributed by atoms with Crippen LogP contribution in [0.25, 0.3) is 10.8 Å². The number of amides is 1. The Morgan fingerprint density at radius 2 is 2.00 bits per heavy atom. The Bertz CT molecular complexity index is 635. The van der Waals surface area contributed by atoms with Crippen molar-refractivity contribution < 1.29 is 4.79 Å². The summed E-state index contributed by atoms with van der Waals surface area (Å²) in [6.45, 7) is 0. The largest absolute Gasteiger partial charge is 0.398 e. The van der Waals surface area contributed by atoms with Crippen LogP contribution in [0, 0.1) is 0 Å². The van der Waals surface area contributed by atoms with Gasteiger partial charge in [-0.05, 0) is 41.5 Å². The molecule has 4 heteroatoms. The fourth-order valence-electron chi connectivity index (χ4n) is 2.57. The Balaban J connectivity index is 1.84. The predicted octanol–water partition coefficient (Wildman–Crippen LogP) is 3.05. The van der Waals surface area contributed by atoms with Gasteiger partial charge < -0.3 is 11.1 Å². The van der Waals surface area contributed by atoms with Gasteiger partial charge in [-0.25, -0.2) is 0 Å². The topological polar surface area (TPSA) is 55.1 Å². The highest BCUT2D eigenvalue weighted by atomic mass is 32.2. The lowest BCUT2D eigenvalue weighted by Gasteiger charge is -2.22. The molecule has 0 radical (unpaired) electrons. The van der Waals surface area contributed by atoms with Crippen molar-refractivity contribution in [2.75, 3.05) is 17.2 Å². The second-order valence-electron chi connectivity index (χ2n) is 5.17. The van der Waals surface area contributed by atoms with Crippen molar-refractivity contribution in [2.45, 2.75) is 18.9 Å². The molecule has 20 heavy (non-hydrogen) atoms. The van der Waals surface area contributed by atoms with Crippen molar-refractivity contribution in [1.29, 1.82) is 0 Å². The molecule has 1 heterocycles. The Morgan fingerprint density at radius 1 is 1.25 bits per heavy atom. The summed E-state index contributed by atoms with van der Waals surface area (Å²) in [6.07, 6.45) is 2.23. The smallest absolute Gasteiger partial charge is 0.253 e.